The highest BCUT2D eigenvalue weighted by atomic mass is 16.3. The summed E-state index contributed by atoms with van der Waals surface area (Å²) in [5, 5.41) is 12.4. The smallest absolute Gasteiger partial charge is 0.317 e. The van der Waals surface area contributed by atoms with Gasteiger partial charge in [-0.3, -0.25) is 4.98 Å². The highest BCUT2D eigenvalue weighted by molar-refractivity contribution is 5.73. The van der Waals surface area contributed by atoms with Gasteiger partial charge in [0.1, 0.15) is 0 Å². The molecule has 1 aromatic heterocycles. The Bertz CT molecular complexity index is 413. The minimum atomic E-state index is -0.896. The molecule has 0 aliphatic carbocycles. The maximum atomic E-state index is 11.8. The number of aromatic nitrogens is 1. The number of aliphatic hydroxyl groups is 1. The molecule has 0 unspecified atom stereocenters. The molecule has 1 rings (SSSR count). The van der Waals surface area contributed by atoms with E-state index in [2.05, 4.69) is 10.3 Å². The molecule has 0 aromatic carbocycles. The first kappa shape index (κ1) is 14.4. The standard InChI is InChI=1S/C13H21N3O2/c1-10-6-5-7-14-11(10)8-15-12(17)16(4)9-13(2,3)18/h5-7,18H,8-9H2,1-4H3,(H,15,17). The van der Waals surface area contributed by atoms with Gasteiger partial charge < -0.3 is 15.3 Å². The number of amides is 2. The molecule has 0 fully saturated rings. The molecular formula is C13H21N3O2. The summed E-state index contributed by atoms with van der Waals surface area (Å²) in [6, 6.07) is 3.60. The van der Waals surface area contributed by atoms with Crippen LogP contribution in [0.2, 0.25) is 0 Å². The van der Waals surface area contributed by atoms with Gasteiger partial charge in [-0.25, -0.2) is 4.79 Å². The van der Waals surface area contributed by atoms with Gasteiger partial charge in [-0.05, 0) is 32.4 Å². The van der Waals surface area contributed by atoms with Crippen molar-refractivity contribution in [1.29, 1.82) is 0 Å². The van der Waals surface area contributed by atoms with Crippen LogP contribution >= 0.6 is 0 Å². The molecule has 0 aliphatic rings. The zero-order valence-corrected chi connectivity index (χ0v) is 11.4. The van der Waals surface area contributed by atoms with E-state index in [4.69, 9.17) is 0 Å². The molecule has 0 aliphatic heterocycles. The topological polar surface area (TPSA) is 65.5 Å². The molecule has 0 bridgehead atoms. The van der Waals surface area contributed by atoms with E-state index in [1.165, 1.54) is 4.90 Å². The Labute approximate surface area is 108 Å². The van der Waals surface area contributed by atoms with Crippen molar-refractivity contribution in [3.63, 3.8) is 0 Å². The number of hydrogen-bond acceptors (Lipinski definition) is 3. The van der Waals surface area contributed by atoms with E-state index < -0.39 is 5.60 Å². The summed E-state index contributed by atoms with van der Waals surface area (Å²) < 4.78 is 0. The quantitative estimate of drug-likeness (QED) is 0.847. The predicted molar refractivity (Wildman–Crippen MR) is 70.1 cm³/mol. The van der Waals surface area contributed by atoms with Crippen molar-refractivity contribution in [2.45, 2.75) is 32.9 Å². The van der Waals surface area contributed by atoms with Gasteiger partial charge in [-0.2, -0.15) is 0 Å². The number of urea groups is 1. The molecule has 0 atom stereocenters. The fraction of sp³-hybridized carbons (Fsp3) is 0.538. The van der Waals surface area contributed by atoms with E-state index in [1.54, 1.807) is 27.1 Å². The molecule has 5 heteroatoms. The Hall–Kier alpha value is -1.62. The first-order valence-electron chi connectivity index (χ1n) is 5.91. The van der Waals surface area contributed by atoms with Gasteiger partial charge in [0.15, 0.2) is 0 Å². The highest BCUT2D eigenvalue weighted by Gasteiger charge is 2.19. The summed E-state index contributed by atoms with van der Waals surface area (Å²) >= 11 is 0. The lowest BCUT2D eigenvalue weighted by Crippen LogP contribution is -2.44. The summed E-state index contributed by atoms with van der Waals surface area (Å²) in [5.74, 6) is 0. The monoisotopic (exact) mass is 251 g/mol. The van der Waals surface area contributed by atoms with Crippen LogP contribution in [0.1, 0.15) is 25.1 Å². The van der Waals surface area contributed by atoms with Crippen LogP contribution in [0.15, 0.2) is 18.3 Å². The molecule has 0 saturated carbocycles. The third-order valence-electron chi connectivity index (χ3n) is 2.50. The number of rotatable bonds is 4. The Morgan fingerprint density at radius 2 is 2.22 bits per heavy atom. The molecule has 1 heterocycles. The Morgan fingerprint density at radius 3 is 2.78 bits per heavy atom. The number of hydrogen-bond donors (Lipinski definition) is 2. The van der Waals surface area contributed by atoms with Crippen LogP contribution < -0.4 is 5.32 Å². The van der Waals surface area contributed by atoms with Gasteiger partial charge in [-0.1, -0.05) is 6.07 Å². The van der Waals surface area contributed by atoms with Crippen LogP contribution in [0.25, 0.3) is 0 Å². The first-order chi connectivity index (χ1) is 8.29. The van der Waals surface area contributed by atoms with Crippen LogP contribution in [0, 0.1) is 6.92 Å². The largest absolute Gasteiger partial charge is 0.389 e. The van der Waals surface area contributed by atoms with Crippen molar-refractivity contribution in [3.05, 3.63) is 29.6 Å². The van der Waals surface area contributed by atoms with Crippen molar-refractivity contribution in [1.82, 2.24) is 15.2 Å². The van der Waals surface area contributed by atoms with Crippen molar-refractivity contribution in [2.75, 3.05) is 13.6 Å². The molecule has 1 aromatic rings. The molecule has 0 radical (unpaired) electrons. The third kappa shape index (κ3) is 4.71. The van der Waals surface area contributed by atoms with E-state index in [1.807, 2.05) is 19.1 Å². The number of pyridine rings is 1. The second-order valence-electron chi connectivity index (χ2n) is 5.09. The summed E-state index contributed by atoms with van der Waals surface area (Å²) in [7, 11) is 1.65. The van der Waals surface area contributed by atoms with Gasteiger partial charge >= 0.3 is 6.03 Å². The zero-order valence-electron chi connectivity index (χ0n) is 11.4. The number of aryl methyl sites for hydroxylation is 1. The number of likely N-dealkylation sites (N-methyl/N-ethyl adjacent to an activating group) is 1. The van der Waals surface area contributed by atoms with Crippen molar-refractivity contribution in [2.24, 2.45) is 0 Å². The SMILES string of the molecule is Cc1cccnc1CNC(=O)N(C)CC(C)(C)O. The van der Waals surface area contributed by atoms with Crippen LogP contribution in [0.4, 0.5) is 4.79 Å². The van der Waals surface area contributed by atoms with Crippen molar-refractivity contribution in [3.8, 4) is 0 Å². The van der Waals surface area contributed by atoms with Crippen LogP contribution in [0.3, 0.4) is 0 Å². The molecule has 18 heavy (non-hydrogen) atoms. The summed E-state index contributed by atoms with van der Waals surface area (Å²) in [5.41, 5.74) is 0.998. The Balaban J connectivity index is 2.49. The predicted octanol–water partition coefficient (Wildman–Crippen LogP) is 1.30. The summed E-state index contributed by atoms with van der Waals surface area (Å²) in [6.07, 6.45) is 1.70. The molecule has 2 N–H and O–H groups in total. The van der Waals surface area contributed by atoms with Crippen LogP contribution in [-0.4, -0.2) is 40.2 Å². The molecular weight excluding hydrogens is 230 g/mol. The van der Waals surface area contributed by atoms with E-state index >= 15 is 0 Å². The molecule has 0 saturated heterocycles. The van der Waals surface area contributed by atoms with E-state index in [9.17, 15) is 9.90 Å². The van der Waals surface area contributed by atoms with Gasteiger partial charge in [0.05, 0.1) is 24.4 Å². The molecule has 100 valence electrons. The molecule has 2 amide bonds. The van der Waals surface area contributed by atoms with E-state index in [0.29, 0.717) is 6.54 Å². The van der Waals surface area contributed by atoms with E-state index in [-0.39, 0.29) is 12.6 Å². The number of nitrogens with zero attached hydrogens (tertiary/aromatic N) is 2. The maximum Gasteiger partial charge on any atom is 0.317 e. The molecule has 0 spiro atoms. The maximum absolute atomic E-state index is 11.8. The Morgan fingerprint density at radius 1 is 1.56 bits per heavy atom. The van der Waals surface area contributed by atoms with Crippen molar-refractivity contribution < 1.29 is 9.90 Å². The summed E-state index contributed by atoms with van der Waals surface area (Å²) in [6.45, 7) is 5.95. The van der Waals surface area contributed by atoms with E-state index in [0.717, 1.165) is 11.3 Å². The number of carbonyl (C=O) groups excluding carboxylic acids is 1. The average molecular weight is 251 g/mol. The minimum absolute atomic E-state index is 0.220. The fourth-order valence-electron chi connectivity index (χ4n) is 1.65. The lowest BCUT2D eigenvalue weighted by molar-refractivity contribution is 0.0531. The van der Waals surface area contributed by atoms with Gasteiger partial charge in [0, 0.05) is 13.2 Å². The lowest BCUT2D eigenvalue weighted by atomic mass is 10.1. The average Bonchev–Trinajstić information content (AvgIpc) is 2.25. The fourth-order valence-corrected chi connectivity index (χ4v) is 1.65. The third-order valence-corrected chi connectivity index (χ3v) is 2.50. The molecule has 5 nitrogen and oxygen atoms in total. The lowest BCUT2D eigenvalue weighted by Gasteiger charge is -2.25. The highest BCUT2D eigenvalue weighted by Crippen LogP contribution is 2.05. The second kappa shape index (κ2) is 5.82. The van der Waals surface area contributed by atoms with Crippen molar-refractivity contribution >= 4 is 6.03 Å². The summed E-state index contributed by atoms with van der Waals surface area (Å²) in [4.78, 5) is 17.4. The van der Waals surface area contributed by atoms with Crippen LogP contribution in [-0.2, 0) is 6.54 Å². The van der Waals surface area contributed by atoms with Crippen LogP contribution in [0.5, 0.6) is 0 Å². The minimum Gasteiger partial charge on any atom is -0.389 e. The second-order valence-corrected chi connectivity index (χ2v) is 5.09. The van der Waals surface area contributed by atoms with Gasteiger partial charge in [0.25, 0.3) is 0 Å². The Kier molecular flexibility index (Phi) is 4.67. The zero-order chi connectivity index (χ0) is 13.8. The number of nitrogens with one attached hydrogen (secondary N) is 1. The number of carbonyl (C=O) groups is 1. The normalized spacial score (nSPS) is 11.2. The van der Waals surface area contributed by atoms with Gasteiger partial charge in [-0.15, -0.1) is 0 Å². The first-order valence-corrected chi connectivity index (χ1v) is 5.91. The van der Waals surface area contributed by atoms with Gasteiger partial charge in [0.2, 0.25) is 0 Å².